The molecule has 0 saturated carbocycles. The Morgan fingerprint density at radius 1 is 1.41 bits per heavy atom. The summed E-state index contributed by atoms with van der Waals surface area (Å²) in [6.45, 7) is 0.241. The molecule has 0 bridgehead atoms. The molecule has 17 heavy (non-hydrogen) atoms. The Kier molecular flexibility index (Phi) is 3.61. The summed E-state index contributed by atoms with van der Waals surface area (Å²) in [6, 6.07) is 9.21. The Morgan fingerprint density at radius 3 is 2.71 bits per heavy atom. The minimum absolute atomic E-state index is 0.381. The molecular formula is C13H17FN2O. The number of hydrogen-bond acceptors (Lipinski definition) is 2. The fourth-order valence-electron chi connectivity index (χ4n) is 2.52. The Labute approximate surface area is 100 Å². The van der Waals surface area contributed by atoms with Crippen LogP contribution in [-0.4, -0.2) is 25.2 Å². The van der Waals surface area contributed by atoms with Gasteiger partial charge in [0.15, 0.2) is 0 Å². The number of rotatable bonds is 3. The van der Waals surface area contributed by atoms with Gasteiger partial charge in [-0.15, -0.1) is 0 Å². The van der Waals surface area contributed by atoms with E-state index in [2.05, 4.69) is 0 Å². The zero-order valence-corrected chi connectivity index (χ0v) is 9.68. The molecule has 2 atom stereocenters. The molecule has 1 aliphatic heterocycles. The molecule has 0 aromatic heterocycles. The van der Waals surface area contributed by atoms with Crippen LogP contribution in [0.3, 0.4) is 0 Å². The summed E-state index contributed by atoms with van der Waals surface area (Å²) in [5.41, 5.74) is 6.30. The van der Waals surface area contributed by atoms with Gasteiger partial charge < -0.3 is 10.6 Å². The van der Waals surface area contributed by atoms with Crippen molar-refractivity contribution in [1.29, 1.82) is 0 Å². The second kappa shape index (κ2) is 5.17. The third kappa shape index (κ3) is 2.40. The van der Waals surface area contributed by atoms with Gasteiger partial charge in [-0.3, -0.25) is 4.79 Å². The highest BCUT2D eigenvalue weighted by molar-refractivity contribution is 5.78. The van der Waals surface area contributed by atoms with Crippen molar-refractivity contribution in [1.82, 2.24) is 0 Å². The minimum atomic E-state index is -0.539. The number of halogens is 1. The molecule has 1 saturated heterocycles. The fourth-order valence-corrected chi connectivity index (χ4v) is 2.52. The van der Waals surface area contributed by atoms with Gasteiger partial charge in [0.05, 0.1) is 12.0 Å². The van der Waals surface area contributed by atoms with E-state index >= 15 is 0 Å². The number of alkyl halides is 1. The summed E-state index contributed by atoms with van der Waals surface area (Å²) in [7, 11) is 0. The molecular weight excluding hydrogens is 219 g/mol. The normalized spacial score (nSPS) is 24.6. The van der Waals surface area contributed by atoms with Gasteiger partial charge in [-0.25, -0.2) is 4.39 Å². The molecule has 2 N–H and O–H groups in total. The van der Waals surface area contributed by atoms with E-state index in [-0.39, 0.29) is 5.92 Å². The summed E-state index contributed by atoms with van der Waals surface area (Å²) in [6.07, 6.45) is 1.56. The smallest absolute Gasteiger partial charge is 0.222 e. The van der Waals surface area contributed by atoms with Crippen LogP contribution in [0.4, 0.5) is 10.1 Å². The van der Waals surface area contributed by atoms with Crippen LogP contribution in [0.5, 0.6) is 0 Å². The van der Waals surface area contributed by atoms with E-state index in [1.165, 1.54) is 0 Å². The highest BCUT2D eigenvalue weighted by Crippen LogP contribution is 2.28. The number of anilines is 1. The van der Waals surface area contributed by atoms with Crippen molar-refractivity contribution >= 4 is 11.6 Å². The van der Waals surface area contributed by atoms with Gasteiger partial charge in [0, 0.05) is 12.2 Å². The van der Waals surface area contributed by atoms with Crippen LogP contribution < -0.4 is 10.6 Å². The van der Waals surface area contributed by atoms with E-state index in [9.17, 15) is 9.18 Å². The summed E-state index contributed by atoms with van der Waals surface area (Å²) in [5, 5.41) is 0. The average molecular weight is 236 g/mol. The van der Waals surface area contributed by atoms with Crippen molar-refractivity contribution in [2.24, 2.45) is 11.7 Å². The van der Waals surface area contributed by atoms with E-state index in [4.69, 9.17) is 5.73 Å². The van der Waals surface area contributed by atoms with Crippen LogP contribution in [0.15, 0.2) is 30.3 Å². The highest BCUT2D eigenvalue weighted by Gasteiger charge is 2.34. The lowest BCUT2D eigenvalue weighted by molar-refractivity contribution is -0.123. The third-order valence-electron chi connectivity index (χ3n) is 3.39. The number of primary amides is 1. The molecule has 1 aliphatic rings. The van der Waals surface area contributed by atoms with Crippen molar-refractivity contribution in [2.45, 2.75) is 18.9 Å². The topological polar surface area (TPSA) is 46.3 Å². The molecule has 1 aromatic carbocycles. The van der Waals surface area contributed by atoms with E-state index in [0.29, 0.717) is 6.42 Å². The molecule has 1 heterocycles. The summed E-state index contributed by atoms with van der Waals surface area (Å²) in [4.78, 5) is 13.3. The molecule has 2 unspecified atom stereocenters. The number of benzene rings is 1. The Bertz CT molecular complexity index is 382. The molecule has 1 fully saturated rings. The number of carbonyl (C=O) groups is 1. The van der Waals surface area contributed by atoms with Gasteiger partial charge in [-0.2, -0.15) is 0 Å². The number of nitrogens with zero attached hydrogens (tertiary/aromatic N) is 1. The third-order valence-corrected chi connectivity index (χ3v) is 3.39. The van der Waals surface area contributed by atoms with E-state index in [1.54, 1.807) is 0 Å². The minimum Gasteiger partial charge on any atom is -0.369 e. The maximum absolute atomic E-state index is 13.2. The van der Waals surface area contributed by atoms with Gasteiger partial charge in [0.25, 0.3) is 0 Å². The molecule has 4 heteroatoms. The van der Waals surface area contributed by atoms with Crippen molar-refractivity contribution in [3.8, 4) is 0 Å². The zero-order valence-electron chi connectivity index (χ0n) is 9.68. The lowest BCUT2D eigenvalue weighted by atomic mass is 9.89. The number of hydrogen-bond donors (Lipinski definition) is 1. The van der Waals surface area contributed by atoms with E-state index < -0.39 is 18.6 Å². The number of amides is 1. The Morgan fingerprint density at radius 2 is 2.12 bits per heavy atom. The molecule has 0 spiro atoms. The molecule has 1 amide bonds. The molecule has 0 radical (unpaired) electrons. The van der Waals surface area contributed by atoms with Crippen LogP contribution in [0.25, 0.3) is 0 Å². The van der Waals surface area contributed by atoms with Crippen molar-refractivity contribution in [3.63, 3.8) is 0 Å². The van der Waals surface area contributed by atoms with E-state index in [1.807, 2.05) is 35.2 Å². The number of carbonyl (C=O) groups excluding carboxylic acids is 1. The van der Waals surface area contributed by atoms with E-state index in [0.717, 1.165) is 18.7 Å². The second-order valence-corrected chi connectivity index (χ2v) is 4.40. The maximum atomic E-state index is 13.2. The summed E-state index contributed by atoms with van der Waals surface area (Å²) in [5.74, 6) is -0.776. The number of nitrogens with two attached hydrogens (primary N) is 1. The number of piperidine rings is 1. The predicted octanol–water partition coefficient (Wildman–Crippen LogP) is 1.73. The quantitative estimate of drug-likeness (QED) is 0.868. The van der Waals surface area contributed by atoms with Gasteiger partial charge >= 0.3 is 0 Å². The predicted molar refractivity (Wildman–Crippen MR) is 65.5 cm³/mol. The summed E-state index contributed by atoms with van der Waals surface area (Å²) < 4.78 is 13.2. The lowest BCUT2D eigenvalue weighted by Gasteiger charge is -2.40. The van der Waals surface area contributed by atoms with Crippen molar-refractivity contribution in [3.05, 3.63) is 30.3 Å². The number of para-hydroxylation sites is 1. The van der Waals surface area contributed by atoms with Gasteiger partial charge in [-0.05, 0) is 25.0 Å². The summed E-state index contributed by atoms with van der Waals surface area (Å²) >= 11 is 0. The standard InChI is InChI=1S/C13H17FN2O/c14-9-12-11(13(15)17)7-4-8-16(12)10-5-2-1-3-6-10/h1-3,5-6,11-12H,4,7-9H2,(H2,15,17). The van der Waals surface area contributed by atoms with Crippen LogP contribution in [0, 0.1) is 5.92 Å². The van der Waals surface area contributed by atoms with Crippen LogP contribution >= 0.6 is 0 Å². The highest BCUT2D eigenvalue weighted by atomic mass is 19.1. The van der Waals surface area contributed by atoms with Gasteiger partial charge in [0.2, 0.25) is 5.91 Å². The van der Waals surface area contributed by atoms with Crippen molar-refractivity contribution < 1.29 is 9.18 Å². The fraction of sp³-hybridized carbons (Fsp3) is 0.462. The molecule has 2 rings (SSSR count). The Hall–Kier alpha value is -1.58. The maximum Gasteiger partial charge on any atom is 0.222 e. The van der Waals surface area contributed by atoms with Gasteiger partial charge in [0.1, 0.15) is 6.67 Å². The molecule has 92 valence electrons. The first-order valence-electron chi connectivity index (χ1n) is 5.91. The Balaban J connectivity index is 2.24. The zero-order chi connectivity index (χ0) is 12.3. The van der Waals surface area contributed by atoms with Gasteiger partial charge in [-0.1, -0.05) is 18.2 Å². The van der Waals surface area contributed by atoms with Crippen LogP contribution in [0.2, 0.25) is 0 Å². The average Bonchev–Trinajstić information content (AvgIpc) is 2.38. The van der Waals surface area contributed by atoms with Crippen molar-refractivity contribution in [2.75, 3.05) is 18.1 Å². The first kappa shape index (κ1) is 11.9. The van der Waals surface area contributed by atoms with Crippen LogP contribution in [-0.2, 0) is 4.79 Å². The first-order valence-corrected chi connectivity index (χ1v) is 5.91. The molecule has 0 aliphatic carbocycles. The van der Waals surface area contributed by atoms with Crippen LogP contribution in [0.1, 0.15) is 12.8 Å². The monoisotopic (exact) mass is 236 g/mol. The molecule has 3 nitrogen and oxygen atoms in total. The SMILES string of the molecule is NC(=O)C1CCCN(c2ccccc2)C1CF. The first-order chi connectivity index (χ1) is 8.24. The largest absolute Gasteiger partial charge is 0.369 e. The lowest BCUT2D eigenvalue weighted by Crippen LogP contribution is -2.51. The molecule has 1 aromatic rings. The second-order valence-electron chi connectivity index (χ2n) is 4.40.